The lowest BCUT2D eigenvalue weighted by Gasteiger charge is -2.33. The molecule has 214 valence electrons. The van der Waals surface area contributed by atoms with Crippen LogP contribution in [0.1, 0.15) is 96.5 Å². The van der Waals surface area contributed by atoms with Crippen molar-refractivity contribution in [3.8, 4) is 0 Å². The van der Waals surface area contributed by atoms with Crippen molar-refractivity contribution < 1.29 is 27.6 Å². The summed E-state index contributed by atoms with van der Waals surface area (Å²) in [6, 6.07) is 4.94. The predicted molar refractivity (Wildman–Crippen MR) is 139 cm³/mol. The first-order valence-electron chi connectivity index (χ1n) is 14.3. The number of benzene rings is 1. The third-order valence-corrected chi connectivity index (χ3v) is 8.69. The molecule has 4 fully saturated rings. The van der Waals surface area contributed by atoms with Gasteiger partial charge in [0, 0.05) is 31.5 Å². The molecule has 1 unspecified atom stereocenters. The van der Waals surface area contributed by atoms with Gasteiger partial charge in [-0.25, -0.2) is 0 Å². The fourth-order valence-electron chi connectivity index (χ4n) is 6.25. The highest BCUT2D eigenvalue weighted by Gasteiger charge is 2.42. The minimum Gasteiger partial charge on any atom is -0.347 e. The zero-order valence-electron chi connectivity index (χ0n) is 22.3. The van der Waals surface area contributed by atoms with Gasteiger partial charge in [0.2, 0.25) is 11.8 Å². The molecule has 1 atom stereocenters. The van der Waals surface area contributed by atoms with Gasteiger partial charge in [0.15, 0.2) is 0 Å². The Morgan fingerprint density at radius 1 is 0.950 bits per heavy atom. The highest BCUT2D eigenvalue weighted by atomic mass is 19.4. The van der Waals surface area contributed by atoms with Gasteiger partial charge in [0.1, 0.15) is 0 Å². The summed E-state index contributed by atoms with van der Waals surface area (Å²) >= 11 is 0. The monoisotopic (exact) mass is 557 g/mol. The molecule has 2 aliphatic heterocycles. The van der Waals surface area contributed by atoms with Crippen LogP contribution in [0.3, 0.4) is 0 Å². The number of nitrogens with one attached hydrogen (secondary N) is 1. The summed E-state index contributed by atoms with van der Waals surface area (Å²) in [4.78, 5) is 41.7. The van der Waals surface area contributed by atoms with Crippen LogP contribution in [0.2, 0.25) is 0 Å². The van der Waals surface area contributed by atoms with Crippen molar-refractivity contribution in [2.24, 2.45) is 5.92 Å². The molecule has 1 aromatic carbocycles. The predicted octanol–water partition coefficient (Wildman–Crippen LogP) is 4.45. The van der Waals surface area contributed by atoms with E-state index in [4.69, 9.17) is 0 Å². The molecule has 2 aromatic rings. The van der Waals surface area contributed by atoms with E-state index in [2.05, 4.69) is 10.4 Å². The molecule has 1 N–H and O–H groups in total. The Labute approximate surface area is 230 Å². The van der Waals surface area contributed by atoms with E-state index in [9.17, 15) is 27.6 Å². The van der Waals surface area contributed by atoms with E-state index < -0.39 is 17.8 Å². The minimum absolute atomic E-state index is 0.0161. The van der Waals surface area contributed by atoms with Gasteiger partial charge in [0.05, 0.1) is 41.6 Å². The van der Waals surface area contributed by atoms with Crippen LogP contribution in [0.25, 0.3) is 0 Å². The quantitative estimate of drug-likeness (QED) is 0.545. The number of halogens is 3. The van der Waals surface area contributed by atoms with Crippen LogP contribution in [0.15, 0.2) is 30.5 Å². The summed E-state index contributed by atoms with van der Waals surface area (Å²) in [5.41, 5.74) is 0.819. The molecule has 1 aromatic heterocycles. The number of hydrogen-bond donors (Lipinski definition) is 1. The van der Waals surface area contributed by atoms with Crippen LogP contribution < -0.4 is 5.32 Å². The van der Waals surface area contributed by atoms with Crippen molar-refractivity contribution in [1.82, 2.24) is 24.9 Å². The second kappa shape index (κ2) is 10.6. The van der Waals surface area contributed by atoms with Gasteiger partial charge in [0.25, 0.3) is 5.91 Å². The first-order valence-corrected chi connectivity index (χ1v) is 14.3. The second-order valence-corrected chi connectivity index (χ2v) is 11.5. The van der Waals surface area contributed by atoms with E-state index in [1.54, 1.807) is 22.1 Å². The smallest absolute Gasteiger partial charge is 0.347 e. The molecular weight excluding hydrogens is 523 g/mol. The molecule has 4 aliphatic rings. The van der Waals surface area contributed by atoms with Crippen molar-refractivity contribution in [3.05, 3.63) is 52.8 Å². The zero-order valence-corrected chi connectivity index (χ0v) is 22.3. The molecule has 3 heterocycles. The highest BCUT2D eigenvalue weighted by Crippen LogP contribution is 2.45. The van der Waals surface area contributed by atoms with Crippen molar-refractivity contribution in [2.75, 3.05) is 26.2 Å². The highest BCUT2D eigenvalue weighted by molar-refractivity contribution is 5.96. The van der Waals surface area contributed by atoms with Crippen LogP contribution in [-0.4, -0.2) is 63.5 Å². The number of aromatic nitrogens is 2. The summed E-state index contributed by atoms with van der Waals surface area (Å²) in [6.07, 6.45) is 3.27. The maximum atomic E-state index is 13.9. The summed E-state index contributed by atoms with van der Waals surface area (Å²) in [5, 5.41) is 7.37. The summed E-state index contributed by atoms with van der Waals surface area (Å²) in [6.45, 7) is 1.50. The zero-order chi connectivity index (χ0) is 28.0. The fourth-order valence-corrected chi connectivity index (χ4v) is 6.25. The maximum Gasteiger partial charge on any atom is 0.416 e. The molecule has 2 saturated carbocycles. The van der Waals surface area contributed by atoms with E-state index in [0.29, 0.717) is 50.9 Å². The standard InChI is InChI=1S/C29H34F3N5O3/c30-29(31,32)23-5-2-1-4-21(23)24-6-3-13-36(24)28(40)22-16-34-37(26(22)18-7-8-18)20-11-14-35(15-12-20)25(38)17-33-27(39)19-9-10-19/h1-2,4-5,16,18-20,24H,3,6-15,17H2,(H,33,39). The molecular formula is C29H34F3N5O3. The lowest BCUT2D eigenvalue weighted by atomic mass is 9.97. The lowest BCUT2D eigenvalue weighted by molar-refractivity contribution is -0.138. The van der Waals surface area contributed by atoms with Gasteiger partial charge in [-0.05, 0) is 63.0 Å². The van der Waals surface area contributed by atoms with Crippen LogP contribution >= 0.6 is 0 Å². The Kier molecular flexibility index (Phi) is 7.08. The van der Waals surface area contributed by atoms with Gasteiger partial charge >= 0.3 is 6.18 Å². The molecule has 3 amide bonds. The molecule has 0 bridgehead atoms. The van der Waals surface area contributed by atoms with Crippen molar-refractivity contribution in [2.45, 2.75) is 75.5 Å². The second-order valence-electron chi connectivity index (χ2n) is 11.5. The fraction of sp³-hybridized carbons (Fsp3) is 0.586. The van der Waals surface area contributed by atoms with Crippen LogP contribution in [-0.2, 0) is 15.8 Å². The SMILES string of the molecule is O=C(NCC(=O)N1CCC(n2ncc(C(=O)N3CCCC3c3ccccc3C(F)(F)F)c2C2CC2)CC1)C1CC1. The maximum absolute atomic E-state index is 13.9. The number of likely N-dealkylation sites (tertiary alicyclic amines) is 2. The number of hydrogen-bond acceptors (Lipinski definition) is 4. The van der Waals surface area contributed by atoms with Gasteiger partial charge < -0.3 is 15.1 Å². The van der Waals surface area contributed by atoms with Gasteiger partial charge in [-0.3, -0.25) is 19.1 Å². The van der Waals surface area contributed by atoms with Crippen LogP contribution in [0, 0.1) is 5.92 Å². The molecule has 0 radical (unpaired) electrons. The number of nitrogens with zero attached hydrogens (tertiary/aromatic N) is 4. The molecule has 40 heavy (non-hydrogen) atoms. The van der Waals surface area contributed by atoms with E-state index in [1.807, 2.05) is 4.68 Å². The Balaban J connectivity index is 1.16. The largest absolute Gasteiger partial charge is 0.416 e. The molecule has 2 aliphatic carbocycles. The third kappa shape index (κ3) is 5.34. The number of rotatable bonds is 7. The van der Waals surface area contributed by atoms with Gasteiger partial charge in [-0.1, -0.05) is 18.2 Å². The Hall–Kier alpha value is -3.37. The minimum atomic E-state index is -4.49. The van der Waals surface area contributed by atoms with Gasteiger partial charge in [-0.2, -0.15) is 18.3 Å². The van der Waals surface area contributed by atoms with E-state index >= 15 is 0 Å². The number of piperidine rings is 1. The molecule has 6 rings (SSSR count). The Morgan fingerprint density at radius 3 is 2.35 bits per heavy atom. The first kappa shape index (κ1) is 26.8. The summed E-state index contributed by atoms with van der Waals surface area (Å²) < 4.78 is 43.3. The average Bonchev–Trinajstić information content (AvgIpc) is 3.89. The number of carbonyl (C=O) groups excluding carboxylic acids is 3. The van der Waals surface area contributed by atoms with E-state index in [1.165, 1.54) is 12.1 Å². The molecule has 2 saturated heterocycles. The lowest BCUT2D eigenvalue weighted by Crippen LogP contribution is -2.44. The van der Waals surface area contributed by atoms with Crippen LogP contribution in [0.4, 0.5) is 13.2 Å². The Morgan fingerprint density at radius 2 is 1.68 bits per heavy atom. The van der Waals surface area contributed by atoms with Crippen LogP contribution in [0.5, 0.6) is 0 Å². The molecule has 8 nitrogen and oxygen atoms in total. The van der Waals surface area contributed by atoms with Crippen molar-refractivity contribution in [1.29, 1.82) is 0 Å². The van der Waals surface area contributed by atoms with E-state index in [-0.39, 0.29) is 47.7 Å². The molecule has 11 heteroatoms. The number of amides is 3. The third-order valence-electron chi connectivity index (χ3n) is 8.69. The first-order chi connectivity index (χ1) is 19.2. The van der Waals surface area contributed by atoms with E-state index in [0.717, 1.165) is 37.4 Å². The average molecular weight is 558 g/mol. The Bertz CT molecular complexity index is 1290. The van der Waals surface area contributed by atoms with Gasteiger partial charge in [-0.15, -0.1) is 0 Å². The topological polar surface area (TPSA) is 87.5 Å². The number of alkyl halides is 3. The normalized spacial score (nSPS) is 22.0. The molecule has 0 spiro atoms. The summed E-state index contributed by atoms with van der Waals surface area (Å²) in [5.74, 6) is -0.126. The van der Waals surface area contributed by atoms with Crippen molar-refractivity contribution >= 4 is 17.7 Å². The number of carbonyl (C=O) groups is 3. The van der Waals surface area contributed by atoms with Crippen molar-refractivity contribution in [3.63, 3.8) is 0 Å². The summed E-state index contributed by atoms with van der Waals surface area (Å²) in [7, 11) is 0.